The van der Waals surface area contributed by atoms with E-state index in [0.29, 0.717) is 0 Å². The Labute approximate surface area is 108 Å². The molecule has 1 aromatic carbocycles. The number of carboxylic acids is 1. The zero-order chi connectivity index (χ0) is 13.0. The highest BCUT2D eigenvalue weighted by atomic mass is 79.9. The van der Waals surface area contributed by atoms with Gasteiger partial charge in [0.15, 0.2) is 0 Å². The molecule has 2 atom stereocenters. The van der Waals surface area contributed by atoms with E-state index < -0.39 is 17.8 Å². The first kappa shape index (κ1) is 13.7. The van der Waals surface area contributed by atoms with Crippen molar-refractivity contribution in [2.75, 3.05) is 0 Å². The van der Waals surface area contributed by atoms with Crippen LogP contribution in [0.2, 0.25) is 0 Å². The number of hydrogen-bond acceptors (Lipinski definition) is 2. The number of benzene rings is 1. The summed E-state index contributed by atoms with van der Waals surface area (Å²) in [5.74, 6) is -2.63. The summed E-state index contributed by atoms with van der Waals surface area (Å²) in [5, 5.41) is 11.4. The minimum absolute atomic E-state index is 0.211. The van der Waals surface area contributed by atoms with Gasteiger partial charge in [0.05, 0.1) is 6.04 Å². The lowest BCUT2D eigenvalue weighted by Crippen LogP contribution is -2.35. The minimum atomic E-state index is -1.12. The molecule has 2 N–H and O–H groups in total. The van der Waals surface area contributed by atoms with Gasteiger partial charge in [0, 0.05) is 4.47 Å². The quantitative estimate of drug-likeness (QED) is 0.839. The summed E-state index contributed by atoms with van der Waals surface area (Å²) in [5.41, 5.74) is 0.930. The smallest absolute Gasteiger partial charge is 0.315 e. The molecule has 0 saturated carbocycles. The number of amides is 1. The van der Waals surface area contributed by atoms with Crippen LogP contribution in [0.3, 0.4) is 0 Å². The first-order valence-corrected chi connectivity index (χ1v) is 5.99. The van der Waals surface area contributed by atoms with Crippen LogP contribution in [-0.2, 0) is 9.59 Å². The first-order valence-electron chi connectivity index (χ1n) is 5.20. The topological polar surface area (TPSA) is 66.4 Å². The number of rotatable bonds is 4. The summed E-state index contributed by atoms with van der Waals surface area (Å²) in [7, 11) is 0. The molecule has 0 spiro atoms. The van der Waals surface area contributed by atoms with Gasteiger partial charge in [0.1, 0.15) is 5.92 Å². The summed E-state index contributed by atoms with van der Waals surface area (Å²) in [6.07, 6.45) is 0. The molecule has 0 aromatic heterocycles. The Balaban J connectivity index is 2.66. The Bertz CT molecular complexity index is 416. The van der Waals surface area contributed by atoms with Crippen molar-refractivity contribution >= 4 is 27.8 Å². The molecule has 1 rings (SSSR count). The fraction of sp³-hybridized carbons (Fsp3) is 0.333. The predicted molar refractivity (Wildman–Crippen MR) is 67.5 cm³/mol. The molecule has 0 aliphatic carbocycles. The molecule has 0 aliphatic rings. The molecule has 2 unspecified atom stereocenters. The van der Waals surface area contributed by atoms with Gasteiger partial charge < -0.3 is 10.4 Å². The van der Waals surface area contributed by atoms with Crippen molar-refractivity contribution in [1.82, 2.24) is 5.32 Å². The third-order valence-corrected chi connectivity index (χ3v) is 3.02. The molecule has 1 amide bonds. The van der Waals surface area contributed by atoms with Gasteiger partial charge in [-0.25, -0.2) is 0 Å². The number of carboxylic acid groups (broad SMARTS) is 1. The fourth-order valence-electron chi connectivity index (χ4n) is 1.29. The van der Waals surface area contributed by atoms with E-state index >= 15 is 0 Å². The highest BCUT2D eigenvalue weighted by molar-refractivity contribution is 9.10. The molecule has 0 aliphatic heterocycles. The molecule has 1 aromatic rings. The van der Waals surface area contributed by atoms with Crippen LogP contribution < -0.4 is 5.32 Å². The van der Waals surface area contributed by atoms with E-state index in [1.807, 2.05) is 31.2 Å². The summed E-state index contributed by atoms with van der Waals surface area (Å²) in [6.45, 7) is 3.18. The van der Waals surface area contributed by atoms with Gasteiger partial charge in [-0.05, 0) is 31.5 Å². The van der Waals surface area contributed by atoms with Crippen LogP contribution in [0.1, 0.15) is 25.5 Å². The second-order valence-corrected chi connectivity index (χ2v) is 4.76. The van der Waals surface area contributed by atoms with Gasteiger partial charge in [-0.15, -0.1) is 0 Å². The second-order valence-electron chi connectivity index (χ2n) is 3.84. The Kier molecular flexibility index (Phi) is 4.69. The number of aliphatic carboxylic acids is 1. The Hall–Kier alpha value is -1.36. The Morgan fingerprint density at radius 2 is 1.76 bits per heavy atom. The fourth-order valence-corrected chi connectivity index (χ4v) is 1.55. The van der Waals surface area contributed by atoms with Crippen LogP contribution in [0.25, 0.3) is 0 Å². The van der Waals surface area contributed by atoms with Gasteiger partial charge in [-0.1, -0.05) is 28.1 Å². The van der Waals surface area contributed by atoms with E-state index in [-0.39, 0.29) is 6.04 Å². The maximum atomic E-state index is 11.5. The third-order valence-electron chi connectivity index (χ3n) is 2.49. The van der Waals surface area contributed by atoms with Crippen LogP contribution in [0.15, 0.2) is 28.7 Å². The molecule has 5 heteroatoms. The monoisotopic (exact) mass is 299 g/mol. The SMILES string of the molecule is CC(C(=O)O)C(=O)NC(C)c1ccc(Br)cc1. The maximum Gasteiger partial charge on any atom is 0.315 e. The van der Waals surface area contributed by atoms with Gasteiger partial charge in [-0.3, -0.25) is 9.59 Å². The Morgan fingerprint density at radius 3 is 2.24 bits per heavy atom. The van der Waals surface area contributed by atoms with E-state index in [9.17, 15) is 9.59 Å². The summed E-state index contributed by atoms with van der Waals surface area (Å²) >= 11 is 3.32. The van der Waals surface area contributed by atoms with Crippen LogP contribution >= 0.6 is 15.9 Å². The molecule has 92 valence electrons. The first-order chi connectivity index (χ1) is 7.91. The van der Waals surface area contributed by atoms with Crippen molar-refractivity contribution in [3.63, 3.8) is 0 Å². The molecule has 4 nitrogen and oxygen atoms in total. The normalized spacial score (nSPS) is 13.8. The van der Waals surface area contributed by atoms with Crippen molar-refractivity contribution < 1.29 is 14.7 Å². The second kappa shape index (κ2) is 5.82. The van der Waals surface area contributed by atoms with Crippen molar-refractivity contribution in [2.24, 2.45) is 5.92 Å². The number of halogens is 1. The third kappa shape index (κ3) is 3.85. The van der Waals surface area contributed by atoms with Crippen molar-refractivity contribution in [2.45, 2.75) is 19.9 Å². The minimum Gasteiger partial charge on any atom is -0.481 e. The molecular formula is C12H14BrNO3. The van der Waals surface area contributed by atoms with E-state index in [0.717, 1.165) is 10.0 Å². The molecule has 0 fully saturated rings. The number of carbonyl (C=O) groups is 2. The van der Waals surface area contributed by atoms with Crippen LogP contribution in [-0.4, -0.2) is 17.0 Å². The van der Waals surface area contributed by atoms with Crippen LogP contribution in [0.5, 0.6) is 0 Å². The molecule has 0 radical (unpaired) electrons. The van der Waals surface area contributed by atoms with Crippen molar-refractivity contribution in [1.29, 1.82) is 0 Å². The van der Waals surface area contributed by atoms with Gasteiger partial charge in [-0.2, -0.15) is 0 Å². The largest absolute Gasteiger partial charge is 0.481 e. The van der Waals surface area contributed by atoms with E-state index in [1.54, 1.807) is 0 Å². The zero-order valence-corrected chi connectivity index (χ0v) is 11.2. The molecule has 0 heterocycles. The zero-order valence-electron chi connectivity index (χ0n) is 9.61. The lowest BCUT2D eigenvalue weighted by molar-refractivity contribution is -0.146. The van der Waals surface area contributed by atoms with Crippen molar-refractivity contribution in [3.05, 3.63) is 34.3 Å². The Morgan fingerprint density at radius 1 is 1.24 bits per heavy atom. The standard InChI is InChI=1S/C12H14BrNO3/c1-7(12(16)17)11(15)14-8(2)9-3-5-10(13)6-4-9/h3-8H,1-2H3,(H,14,15)(H,16,17). The van der Waals surface area contributed by atoms with Gasteiger partial charge in [0.25, 0.3) is 0 Å². The average molecular weight is 300 g/mol. The van der Waals surface area contributed by atoms with Gasteiger partial charge >= 0.3 is 5.97 Å². The predicted octanol–water partition coefficient (Wildman–Crippen LogP) is 2.35. The summed E-state index contributed by atoms with van der Waals surface area (Å²) in [6, 6.07) is 7.29. The summed E-state index contributed by atoms with van der Waals surface area (Å²) in [4.78, 5) is 22.2. The average Bonchev–Trinajstić information content (AvgIpc) is 2.28. The van der Waals surface area contributed by atoms with E-state index in [4.69, 9.17) is 5.11 Å². The highest BCUT2D eigenvalue weighted by Crippen LogP contribution is 2.16. The van der Waals surface area contributed by atoms with Crippen LogP contribution in [0, 0.1) is 5.92 Å². The number of hydrogen-bond donors (Lipinski definition) is 2. The molecular weight excluding hydrogens is 286 g/mol. The lowest BCUT2D eigenvalue weighted by Gasteiger charge is -2.16. The van der Waals surface area contributed by atoms with E-state index in [1.165, 1.54) is 6.92 Å². The van der Waals surface area contributed by atoms with Crippen molar-refractivity contribution in [3.8, 4) is 0 Å². The molecule has 0 saturated heterocycles. The summed E-state index contributed by atoms with van der Waals surface area (Å²) < 4.78 is 0.957. The lowest BCUT2D eigenvalue weighted by atomic mass is 10.1. The maximum absolute atomic E-state index is 11.5. The molecule has 0 bridgehead atoms. The molecule has 17 heavy (non-hydrogen) atoms. The number of nitrogens with one attached hydrogen (secondary N) is 1. The number of carbonyl (C=O) groups excluding carboxylic acids is 1. The van der Waals surface area contributed by atoms with Gasteiger partial charge in [0.2, 0.25) is 5.91 Å². The van der Waals surface area contributed by atoms with Crippen LogP contribution in [0.4, 0.5) is 0 Å². The highest BCUT2D eigenvalue weighted by Gasteiger charge is 2.22. The van der Waals surface area contributed by atoms with E-state index in [2.05, 4.69) is 21.2 Å².